The number of hydrogen-bond donors (Lipinski definition) is 1. The van der Waals surface area contributed by atoms with Crippen molar-refractivity contribution in [2.75, 3.05) is 7.11 Å². The Bertz CT molecular complexity index is 345. The van der Waals surface area contributed by atoms with Crippen molar-refractivity contribution in [1.82, 2.24) is 0 Å². The van der Waals surface area contributed by atoms with E-state index in [0.29, 0.717) is 25.0 Å². The summed E-state index contributed by atoms with van der Waals surface area (Å²) in [5.41, 5.74) is 0.393. The van der Waals surface area contributed by atoms with E-state index < -0.39 is 5.60 Å². The van der Waals surface area contributed by atoms with Crippen LogP contribution in [0.1, 0.15) is 24.0 Å². The van der Waals surface area contributed by atoms with Crippen molar-refractivity contribution >= 4 is 0 Å². The lowest BCUT2D eigenvalue weighted by Gasteiger charge is -2.11. The van der Waals surface area contributed by atoms with Gasteiger partial charge in [-0.1, -0.05) is 6.07 Å². The van der Waals surface area contributed by atoms with Crippen LogP contribution in [0.15, 0.2) is 18.2 Å². The van der Waals surface area contributed by atoms with E-state index in [1.165, 1.54) is 6.07 Å². The van der Waals surface area contributed by atoms with Gasteiger partial charge in [0.1, 0.15) is 5.82 Å². The van der Waals surface area contributed by atoms with Crippen LogP contribution >= 0.6 is 0 Å². The molecule has 1 saturated carbocycles. The van der Waals surface area contributed by atoms with Gasteiger partial charge in [0.25, 0.3) is 0 Å². The molecule has 0 unspecified atom stereocenters. The van der Waals surface area contributed by atoms with E-state index in [0.717, 1.165) is 5.56 Å². The van der Waals surface area contributed by atoms with E-state index in [1.54, 1.807) is 19.2 Å². The maximum atomic E-state index is 13.3. The van der Waals surface area contributed by atoms with Gasteiger partial charge >= 0.3 is 0 Å². The smallest absolute Gasteiger partial charge is 0.129 e. The molecular formula is C11H13FO2. The highest BCUT2D eigenvalue weighted by atomic mass is 19.1. The van der Waals surface area contributed by atoms with Crippen molar-refractivity contribution in [2.24, 2.45) is 0 Å². The maximum absolute atomic E-state index is 13.3. The van der Waals surface area contributed by atoms with Crippen molar-refractivity contribution in [1.29, 1.82) is 0 Å². The third kappa shape index (κ3) is 1.65. The summed E-state index contributed by atoms with van der Waals surface area (Å²) in [6.45, 7) is 0.448. The van der Waals surface area contributed by atoms with E-state index in [2.05, 4.69) is 0 Å². The third-order valence-corrected chi connectivity index (χ3v) is 2.57. The Labute approximate surface area is 82.3 Å². The highest BCUT2D eigenvalue weighted by Gasteiger charge is 2.44. The molecule has 1 aliphatic rings. The molecule has 1 aliphatic carbocycles. The fourth-order valence-electron chi connectivity index (χ4n) is 1.57. The van der Waals surface area contributed by atoms with Crippen LogP contribution in [0.4, 0.5) is 4.39 Å². The summed E-state index contributed by atoms with van der Waals surface area (Å²) in [7, 11) is 1.59. The average molecular weight is 196 g/mol. The summed E-state index contributed by atoms with van der Waals surface area (Å²) in [6.07, 6.45) is 1.31. The molecule has 0 bridgehead atoms. The lowest BCUT2D eigenvalue weighted by molar-refractivity contribution is 0.145. The van der Waals surface area contributed by atoms with Gasteiger partial charge in [0.15, 0.2) is 0 Å². The van der Waals surface area contributed by atoms with Crippen molar-refractivity contribution < 1.29 is 14.2 Å². The highest BCUT2D eigenvalue weighted by molar-refractivity contribution is 5.32. The molecule has 0 saturated heterocycles. The van der Waals surface area contributed by atoms with Gasteiger partial charge in [-0.25, -0.2) is 4.39 Å². The molecule has 0 atom stereocenters. The van der Waals surface area contributed by atoms with Crippen LogP contribution in [-0.4, -0.2) is 12.2 Å². The zero-order valence-electron chi connectivity index (χ0n) is 8.09. The minimum atomic E-state index is -0.909. The molecule has 0 amide bonds. The zero-order chi connectivity index (χ0) is 10.2. The molecular weight excluding hydrogens is 183 g/mol. The Hall–Kier alpha value is -0.930. The van der Waals surface area contributed by atoms with Crippen molar-refractivity contribution in [3.8, 4) is 0 Å². The number of rotatable bonds is 3. The average Bonchev–Trinajstić information content (AvgIpc) is 2.89. The second-order valence-electron chi connectivity index (χ2n) is 3.78. The molecule has 2 nitrogen and oxygen atoms in total. The summed E-state index contributed by atoms with van der Waals surface area (Å²) in [6, 6.07) is 4.75. The molecule has 1 fully saturated rings. The molecule has 0 spiro atoms. The SMILES string of the molecule is COCc1ccc(F)c(C2(O)CC2)c1. The van der Waals surface area contributed by atoms with Crippen molar-refractivity contribution in [3.63, 3.8) is 0 Å². The van der Waals surface area contributed by atoms with Crippen molar-refractivity contribution in [3.05, 3.63) is 35.1 Å². The molecule has 14 heavy (non-hydrogen) atoms. The maximum Gasteiger partial charge on any atom is 0.129 e. The standard InChI is InChI=1S/C11H13FO2/c1-14-7-8-2-3-10(12)9(6-8)11(13)4-5-11/h2-3,6,13H,4-5,7H2,1H3. The second-order valence-corrected chi connectivity index (χ2v) is 3.78. The Morgan fingerprint density at radius 2 is 2.21 bits per heavy atom. The van der Waals surface area contributed by atoms with Gasteiger partial charge in [0.05, 0.1) is 12.2 Å². The fraction of sp³-hybridized carbons (Fsp3) is 0.455. The van der Waals surface area contributed by atoms with E-state index in [-0.39, 0.29) is 5.82 Å². The Morgan fingerprint density at radius 1 is 1.50 bits per heavy atom. The van der Waals surface area contributed by atoms with E-state index >= 15 is 0 Å². The fourth-order valence-corrected chi connectivity index (χ4v) is 1.57. The Balaban J connectivity index is 2.33. The van der Waals surface area contributed by atoms with Gasteiger partial charge in [-0.15, -0.1) is 0 Å². The summed E-state index contributed by atoms with van der Waals surface area (Å²) in [4.78, 5) is 0. The first kappa shape index (κ1) is 9.62. The number of ether oxygens (including phenoxy) is 1. The molecule has 0 heterocycles. The Morgan fingerprint density at radius 3 is 2.79 bits per heavy atom. The van der Waals surface area contributed by atoms with Gasteiger partial charge in [-0.05, 0) is 30.5 Å². The van der Waals surface area contributed by atoms with Gasteiger partial charge in [-0.3, -0.25) is 0 Å². The van der Waals surface area contributed by atoms with Crippen LogP contribution < -0.4 is 0 Å². The van der Waals surface area contributed by atoms with Crippen LogP contribution in [0.5, 0.6) is 0 Å². The monoisotopic (exact) mass is 196 g/mol. The molecule has 1 N–H and O–H groups in total. The number of halogens is 1. The van der Waals surface area contributed by atoms with Crippen LogP contribution in [0.3, 0.4) is 0 Å². The number of hydrogen-bond acceptors (Lipinski definition) is 2. The largest absolute Gasteiger partial charge is 0.385 e. The van der Waals surface area contributed by atoms with Gasteiger partial charge in [-0.2, -0.15) is 0 Å². The minimum absolute atomic E-state index is 0.329. The van der Waals surface area contributed by atoms with E-state index in [9.17, 15) is 9.50 Å². The van der Waals surface area contributed by atoms with Gasteiger partial charge < -0.3 is 9.84 Å². The lowest BCUT2D eigenvalue weighted by atomic mass is 10.0. The summed E-state index contributed by atoms with van der Waals surface area (Å²) in [5.74, 6) is -0.329. The summed E-state index contributed by atoms with van der Waals surface area (Å²) in [5, 5.41) is 9.79. The topological polar surface area (TPSA) is 29.5 Å². The van der Waals surface area contributed by atoms with E-state index in [4.69, 9.17) is 4.74 Å². The molecule has 2 rings (SSSR count). The minimum Gasteiger partial charge on any atom is -0.385 e. The third-order valence-electron chi connectivity index (χ3n) is 2.57. The molecule has 76 valence electrons. The second kappa shape index (κ2) is 3.33. The first-order valence-corrected chi connectivity index (χ1v) is 4.66. The molecule has 0 aliphatic heterocycles. The molecule has 1 aromatic carbocycles. The van der Waals surface area contributed by atoms with Crippen LogP contribution in [-0.2, 0) is 16.9 Å². The normalized spacial score (nSPS) is 18.2. The number of benzene rings is 1. The van der Waals surface area contributed by atoms with E-state index in [1.807, 2.05) is 0 Å². The van der Waals surface area contributed by atoms with Gasteiger partial charge in [0, 0.05) is 12.7 Å². The highest BCUT2D eigenvalue weighted by Crippen LogP contribution is 2.46. The first-order chi connectivity index (χ1) is 6.65. The zero-order valence-corrected chi connectivity index (χ0v) is 8.09. The van der Waals surface area contributed by atoms with Gasteiger partial charge in [0.2, 0.25) is 0 Å². The molecule has 0 aromatic heterocycles. The Kier molecular flexibility index (Phi) is 2.29. The first-order valence-electron chi connectivity index (χ1n) is 4.66. The summed E-state index contributed by atoms with van der Waals surface area (Å²) < 4.78 is 18.3. The van der Waals surface area contributed by atoms with Crippen molar-refractivity contribution in [2.45, 2.75) is 25.0 Å². The predicted octanol–water partition coefficient (Wildman–Crippen LogP) is 1.95. The number of methoxy groups -OCH3 is 1. The van der Waals surface area contributed by atoms with Crippen LogP contribution in [0.2, 0.25) is 0 Å². The molecule has 3 heteroatoms. The van der Waals surface area contributed by atoms with Crippen LogP contribution in [0.25, 0.3) is 0 Å². The summed E-state index contributed by atoms with van der Waals surface area (Å²) >= 11 is 0. The number of aliphatic hydroxyl groups is 1. The quantitative estimate of drug-likeness (QED) is 0.800. The van der Waals surface area contributed by atoms with Crippen LogP contribution in [0, 0.1) is 5.82 Å². The molecule has 1 aromatic rings. The lowest BCUT2D eigenvalue weighted by Crippen LogP contribution is -2.08. The molecule has 0 radical (unpaired) electrons. The predicted molar refractivity (Wildman–Crippen MR) is 50.2 cm³/mol.